The second kappa shape index (κ2) is 10.8. The van der Waals surface area contributed by atoms with Crippen LogP contribution in [0.1, 0.15) is 58.1 Å². The lowest BCUT2D eigenvalue weighted by Gasteiger charge is -2.43. The first kappa shape index (κ1) is 30.1. The van der Waals surface area contributed by atoms with Crippen LogP contribution in [0, 0.1) is 0 Å². The van der Waals surface area contributed by atoms with Gasteiger partial charge in [0.05, 0.1) is 0 Å². The zero-order valence-corrected chi connectivity index (χ0v) is 28.1. The van der Waals surface area contributed by atoms with Gasteiger partial charge in [-0.25, -0.2) is 0 Å². The molecule has 1 atom stereocenters. The second-order valence-electron chi connectivity index (χ2n) is 13.6. The smallest absolute Gasteiger partial charge is 0.169 e. The average Bonchev–Trinajstić information content (AvgIpc) is 3.32. The molecule has 4 heterocycles. The Kier molecular flexibility index (Phi) is 7.21. The van der Waals surface area contributed by atoms with Crippen molar-refractivity contribution in [2.45, 2.75) is 63.5 Å². The van der Waals surface area contributed by atoms with Gasteiger partial charge in [0.1, 0.15) is 26.4 Å². The molecule has 4 aliphatic heterocycles. The Balaban J connectivity index is 1.20. The molecule has 0 amide bonds. The predicted octanol–water partition coefficient (Wildman–Crippen LogP) is 7.77. The Morgan fingerprint density at radius 3 is 1.98 bits per heavy atom. The third kappa shape index (κ3) is 4.49. The van der Waals surface area contributed by atoms with Crippen molar-refractivity contribution in [1.29, 1.82) is 0 Å². The van der Waals surface area contributed by atoms with E-state index >= 15 is 0 Å². The number of likely N-dealkylation sites (N-methyl/N-ethyl adjacent to an activating group) is 2. The number of anilines is 2. The fourth-order valence-electron chi connectivity index (χ4n) is 7.89. The van der Waals surface area contributed by atoms with Gasteiger partial charge < -0.3 is 33.5 Å². The second-order valence-corrected chi connectivity index (χ2v) is 13.9. The highest BCUT2D eigenvalue weighted by atomic mass is 35.5. The lowest BCUT2D eigenvalue weighted by atomic mass is 9.76. The Morgan fingerprint density at radius 1 is 0.778 bits per heavy atom. The minimum Gasteiger partial charge on any atom is -0.486 e. The van der Waals surface area contributed by atoms with Crippen molar-refractivity contribution >= 4 is 23.0 Å². The normalized spacial score (nSPS) is 26.2. The van der Waals surface area contributed by atoms with Crippen molar-refractivity contribution < 1.29 is 23.7 Å². The summed E-state index contributed by atoms with van der Waals surface area (Å²) in [6.45, 7) is 11.2. The third-order valence-electron chi connectivity index (χ3n) is 10.5. The number of hydrogen-bond acceptors (Lipinski definition) is 7. The van der Waals surface area contributed by atoms with Crippen molar-refractivity contribution in [2.75, 3.05) is 57.4 Å². The molecule has 0 saturated carbocycles. The first-order valence-corrected chi connectivity index (χ1v) is 16.3. The fourth-order valence-corrected chi connectivity index (χ4v) is 8.21. The minimum atomic E-state index is -0.721. The van der Waals surface area contributed by atoms with E-state index < -0.39 is 5.72 Å². The molecule has 45 heavy (non-hydrogen) atoms. The molecule has 0 spiro atoms. The summed E-state index contributed by atoms with van der Waals surface area (Å²) in [6, 6.07) is 8.45. The van der Waals surface area contributed by atoms with Gasteiger partial charge in [0.2, 0.25) is 0 Å². The van der Waals surface area contributed by atoms with Crippen molar-refractivity contribution in [3.63, 3.8) is 0 Å². The zero-order chi connectivity index (χ0) is 31.7. The summed E-state index contributed by atoms with van der Waals surface area (Å²) in [7, 11) is 5.98. The molecule has 8 heteroatoms. The molecular weight excluding hydrogens is 588 g/mol. The number of fused-ring (bicyclic) bond motifs is 4. The summed E-state index contributed by atoms with van der Waals surface area (Å²) < 4.78 is 30.0. The summed E-state index contributed by atoms with van der Waals surface area (Å²) in [5.74, 6) is 3.21. The molecule has 2 aromatic carbocycles. The lowest BCUT2D eigenvalue weighted by molar-refractivity contribution is -0.0129. The summed E-state index contributed by atoms with van der Waals surface area (Å²) in [4.78, 5) is 4.47. The highest BCUT2D eigenvalue weighted by Gasteiger charge is 2.55. The van der Waals surface area contributed by atoms with Gasteiger partial charge in [0, 0.05) is 66.3 Å². The van der Waals surface area contributed by atoms with Crippen LogP contribution in [0.3, 0.4) is 0 Å². The van der Waals surface area contributed by atoms with E-state index in [0.717, 1.165) is 69.8 Å². The predicted molar refractivity (Wildman–Crippen MR) is 179 cm³/mol. The summed E-state index contributed by atoms with van der Waals surface area (Å²) in [5.41, 5.74) is 6.83. The SMILES string of the molecule is COC1(C=CC2=C(Cl)C(=CC=C3N(C)c4cc5c(cc4C3(C)C)OCCO5)CCC2)N(C)c2cc3c(cc2C1(C)C)OCCO3. The molecule has 0 bridgehead atoms. The average molecular weight is 631 g/mol. The molecule has 0 N–H and O–H groups in total. The van der Waals surface area contributed by atoms with Crippen LogP contribution in [0.4, 0.5) is 11.4 Å². The van der Waals surface area contributed by atoms with Crippen molar-refractivity contribution in [2.24, 2.45) is 0 Å². The zero-order valence-electron chi connectivity index (χ0n) is 27.4. The largest absolute Gasteiger partial charge is 0.486 e. The van der Waals surface area contributed by atoms with Crippen LogP contribution in [-0.4, -0.2) is 53.4 Å². The molecule has 0 saturated heterocycles. The standard InChI is InChI=1S/C37H43ClN2O5/c1-35(2)25-19-29-31(44-17-15-42-29)21-27(25)39(5)33(35)12-11-23-9-8-10-24(34(23)38)13-14-37(41-7)36(3,4)26-20-30-32(45-18-16-43-30)22-28(26)40(37)6/h11-14,19-22H,8-10,15-18H2,1-7H3. The maximum Gasteiger partial charge on any atom is 0.169 e. The Morgan fingerprint density at radius 2 is 1.36 bits per heavy atom. The van der Waals surface area contributed by atoms with E-state index in [-0.39, 0.29) is 10.8 Å². The number of ether oxygens (including phenoxy) is 5. The highest BCUT2D eigenvalue weighted by Crippen LogP contribution is 2.56. The van der Waals surface area contributed by atoms with Crippen molar-refractivity contribution in [1.82, 2.24) is 0 Å². The Bertz CT molecular complexity index is 1690. The summed E-state index contributed by atoms with van der Waals surface area (Å²) >= 11 is 7.17. The van der Waals surface area contributed by atoms with Crippen molar-refractivity contribution in [3.8, 4) is 23.0 Å². The molecule has 7 rings (SSSR count). The lowest BCUT2D eigenvalue weighted by Crippen LogP contribution is -2.54. The van der Waals surface area contributed by atoms with E-state index in [4.69, 9.17) is 35.3 Å². The van der Waals surface area contributed by atoms with Gasteiger partial charge in [-0.1, -0.05) is 51.4 Å². The molecule has 1 aliphatic carbocycles. The van der Waals surface area contributed by atoms with Crippen LogP contribution >= 0.6 is 11.6 Å². The number of nitrogens with zero attached hydrogens (tertiary/aromatic N) is 2. The summed E-state index contributed by atoms with van der Waals surface area (Å²) in [6.07, 6.45) is 11.7. The van der Waals surface area contributed by atoms with E-state index in [0.29, 0.717) is 26.4 Å². The van der Waals surface area contributed by atoms with E-state index in [1.165, 1.54) is 16.8 Å². The molecule has 0 aromatic heterocycles. The molecule has 5 aliphatic rings. The monoisotopic (exact) mass is 630 g/mol. The van der Waals surface area contributed by atoms with Gasteiger partial charge in [-0.3, -0.25) is 0 Å². The van der Waals surface area contributed by atoms with Gasteiger partial charge in [0.15, 0.2) is 28.7 Å². The van der Waals surface area contributed by atoms with E-state index in [1.54, 1.807) is 7.11 Å². The van der Waals surface area contributed by atoms with Gasteiger partial charge in [-0.15, -0.1) is 0 Å². The topological polar surface area (TPSA) is 52.6 Å². The number of benzene rings is 2. The van der Waals surface area contributed by atoms with Crippen LogP contribution in [0.25, 0.3) is 0 Å². The summed E-state index contributed by atoms with van der Waals surface area (Å²) in [5, 5.41) is 0.821. The highest BCUT2D eigenvalue weighted by molar-refractivity contribution is 6.32. The number of allylic oxidation sites excluding steroid dienone is 7. The van der Waals surface area contributed by atoms with Crippen LogP contribution < -0.4 is 28.7 Å². The molecular formula is C37H43ClN2O5. The van der Waals surface area contributed by atoms with Crippen LogP contribution in [-0.2, 0) is 15.6 Å². The van der Waals surface area contributed by atoms with Crippen LogP contribution in [0.5, 0.6) is 23.0 Å². The molecule has 2 aromatic rings. The molecule has 238 valence electrons. The first-order chi connectivity index (χ1) is 21.5. The molecule has 7 nitrogen and oxygen atoms in total. The van der Waals surface area contributed by atoms with Crippen LogP contribution in [0.2, 0.25) is 0 Å². The van der Waals surface area contributed by atoms with Gasteiger partial charge in [0.25, 0.3) is 0 Å². The fraction of sp³-hybridized carbons (Fsp3) is 0.459. The quantitative estimate of drug-likeness (QED) is 0.342. The molecule has 0 fully saturated rings. The molecule has 1 unspecified atom stereocenters. The van der Waals surface area contributed by atoms with Gasteiger partial charge >= 0.3 is 0 Å². The van der Waals surface area contributed by atoms with E-state index in [9.17, 15) is 0 Å². The number of hydrogen-bond donors (Lipinski definition) is 0. The maximum absolute atomic E-state index is 7.17. The molecule has 0 radical (unpaired) electrons. The number of methoxy groups -OCH3 is 1. The van der Waals surface area contributed by atoms with Gasteiger partial charge in [-0.05, 0) is 65.8 Å². The van der Waals surface area contributed by atoms with E-state index in [2.05, 4.69) is 100 Å². The van der Waals surface area contributed by atoms with Crippen LogP contribution in [0.15, 0.2) is 70.4 Å². The number of halogens is 1. The third-order valence-corrected chi connectivity index (χ3v) is 11.0. The first-order valence-electron chi connectivity index (χ1n) is 15.9. The number of rotatable bonds is 4. The minimum absolute atomic E-state index is 0.196. The van der Waals surface area contributed by atoms with Crippen molar-refractivity contribution in [3.05, 3.63) is 81.6 Å². The Labute approximate surface area is 271 Å². The van der Waals surface area contributed by atoms with E-state index in [1.807, 2.05) is 0 Å². The maximum atomic E-state index is 7.17. The van der Waals surface area contributed by atoms with Gasteiger partial charge in [-0.2, -0.15) is 0 Å². The Hall–Kier alpha value is -3.55.